The minimum Gasteiger partial charge on any atom is -0.418 e. The van der Waals surface area contributed by atoms with Crippen molar-refractivity contribution in [3.05, 3.63) is 59.1 Å². The fourth-order valence-electron chi connectivity index (χ4n) is 2.31. The minimum absolute atomic E-state index is 0.0389. The Morgan fingerprint density at radius 3 is 2.22 bits per heavy atom. The van der Waals surface area contributed by atoms with Crippen LogP contribution in [-0.4, -0.2) is 19.2 Å². The highest BCUT2D eigenvalue weighted by molar-refractivity contribution is 7.62. The van der Waals surface area contributed by atoms with Gasteiger partial charge in [0.25, 0.3) is 0 Å². The van der Waals surface area contributed by atoms with Crippen LogP contribution >= 0.6 is 19.2 Å². The smallest absolute Gasteiger partial charge is 0.384 e. The van der Waals surface area contributed by atoms with Gasteiger partial charge in [0.05, 0.1) is 5.69 Å². The fourth-order valence-corrected chi connectivity index (χ4v) is 3.49. The normalized spacial score (nSPS) is 11.4. The number of hydrogen-bond acceptors (Lipinski definition) is 7. The zero-order valence-corrected chi connectivity index (χ0v) is 16.7. The van der Waals surface area contributed by atoms with E-state index in [9.17, 15) is 4.57 Å². The van der Waals surface area contributed by atoms with Crippen LogP contribution in [0.2, 0.25) is 5.02 Å². The zero-order valence-electron chi connectivity index (χ0n) is 15.0. The van der Waals surface area contributed by atoms with Crippen LogP contribution in [0.5, 0.6) is 0 Å². The maximum absolute atomic E-state index is 12.9. The predicted molar refractivity (Wildman–Crippen MR) is 107 cm³/mol. The van der Waals surface area contributed by atoms with Crippen molar-refractivity contribution in [3.8, 4) is 11.5 Å². The van der Waals surface area contributed by atoms with E-state index in [1.54, 1.807) is 24.3 Å². The molecule has 0 unspecified atom stereocenters. The summed E-state index contributed by atoms with van der Waals surface area (Å²) < 4.78 is 28.8. The molecule has 27 heavy (non-hydrogen) atoms. The Balaban J connectivity index is 1.95. The van der Waals surface area contributed by atoms with E-state index in [-0.39, 0.29) is 17.2 Å². The number of aryl methyl sites for hydroxylation is 1. The summed E-state index contributed by atoms with van der Waals surface area (Å²) >= 11 is 5.92. The molecule has 0 saturated heterocycles. The molecule has 2 aromatic carbocycles. The lowest BCUT2D eigenvalue weighted by atomic mass is 10.2. The van der Waals surface area contributed by atoms with E-state index in [2.05, 4.69) is 15.8 Å². The summed E-state index contributed by atoms with van der Waals surface area (Å²) in [5.41, 5.74) is 8.51. The highest BCUT2D eigenvalue weighted by atomic mass is 35.5. The van der Waals surface area contributed by atoms with Gasteiger partial charge in [0, 0.05) is 24.8 Å². The Morgan fingerprint density at radius 2 is 1.63 bits per heavy atom. The van der Waals surface area contributed by atoms with Gasteiger partial charge in [-0.25, -0.2) is 0 Å². The van der Waals surface area contributed by atoms with E-state index < -0.39 is 7.60 Å². The van der Waals surface area contributed by atoms with E-state index in [0.29, 0.717) is 10.6 Å². The molecule has 7 nitrogen and oxygen atoms in total. The molecule has 0 spiro atoms. The molecule has 0 atom stereocenters. The quantitative estimate of drug-likeness (QED) is 0.427. The Hall–Kier alpha value is -2.31. The molecule has 2 N–H and O–H groups in total. The molecule has 0 bridgehead atoms. The number of nitrogens with zero attached hydrogens (tertiary/aromatic N) is 1. The number of oxazole rings is 1. The van der Waals surface area contributed by atoms with Gasteiger partial charge in [0.1, 0.15) is 0 Å². The molecule has 0 radical (unpaired) electrons. The van der Waals surface area contributed by atoms with Gasteiger partial charge >= 0.3 is 7.60 Å². The highest BCUT2D eigenvalue weighted by Crippen LogP contribution is 2.47. The average Bonchev–Trinajstić information content (AvgIpc) is 3.12. The molecule has 1 aromatic heterocycles. The first-order chi connectivity index (χ1) is 12.9. The molecule has 0 aliphatic heterocycles. The predicted octanol–water partition coefficient (Wildman–Crippen LogP) is 4.85. The summed E-state index contributed by atoms with van der Waals surface area (Å²) in [6.45, 7) is 2.00. The Morgan fingerprint density at radius 1 is 1.00 bits per heavy atom. The van der Waals surface area contributed by atoms with Gasteiger partial charge in [-0.2, -0.15) is 4.98 Å². The van der Waals surface area contributed by atoms with Crippen molar-refractivity contribution >= 4 is 36.2 Å². The number of hydrazine groups is 1. The molecule has 0 aliphatic carbocycles. The van der Waals surface area contributed by atoms with Gasteiger partial charge in [-0.05, 0) is 43.3 Å². The maximum Gasteiger partial charge on any atom is 0.384 e. The molecule has 0 saturated carbocycles. The van der Waals surface area contributed by atoms with E-state index in [1.807, 2.05) is 31.2 Å². The van der Waals surface area contributed by atoms with Crippen molar-refractivity contribution in [2.24, 2.45) is 0 Å². The van der Waals surface area contributed by atoms with Crippen molar-refractivity contribution in [2.75, 3.05) is 25.1 Å². The molecular weight excluding hydrogens is 389 g/mol. The number of aromatic nitrogens is 1. The number of halogens is 1. The molecule has 0 aliphatic rings. The van der Waals surface area contributed by atoms with Crippen molar-refractivity contribution in [3.63, 3.8) is 0 Å². The summed E-state index contributed by atoms with van der Waals surface area (Å²) in [5.74, 6) is 0.386. The maximum atomic E-state index is 12.9. The van der Waals surface area contributed by atoms with Gasteiger partial charge in [-0.3, -0.25) is 15.4 Å². The van der Waals surface area contributed by atoms with E-state index >= 15 is 0 Å². The largest absolute Gasteiger partial charge is 0.418 e. The Bertz CT molecular complexity index is 950. The number of anilines is 2. The molecular formula is C18H19ClN3O4P. The second kappa shape index (κ2) is 8.15. The lowest BCUT2D eigenvalue weighted by Gasteiger charge is -2.13. The third-order valence-electron chi connectivity index (χ3n) is 3.81. The van der Waals surface area contributed by atoms with Crippen LogP contribution in [0, 0.1) is 6.92 Å². The highest BCUT2D eigenvalue weighted by Gasteiger charge is 2.34. The van der Waals surface area contributed by atoms with Gasteiger partial charge in [0.15, 0.2) is 0 Å². The van der Waals surface area contributed by atoms with Crippen molar-refractivity contribution in [1.82, 2.24) is 4.98 Å². The minimum atomic E-state index is -3.64. The topological polar surface area (TPSA) is 85.6 Å². The number of benzene rings is 2. The second-order valence-electron chi connectivity index (χ2n) is 5.66. The standard InChI is InChI=1S/C18H19ClN3O4P/c1-12-4-10-15(11-5-12)21-22-17-18(27(23,24-2)25-3)20-16(26-17)13-6-8-14(19)9-7-13/h4-11,21-22H,1-3H3. The summed E-state index contributed by atoms with van der Waals surface area (Å²) in [5, 5.41) is 0.587. The van der Waals surface area contributed by atoms with Crippen molar-refractivity contribution < 1.29 is 18.0 Å². The molecule has 1 heterocycles. The lowest BCUT2D eigenvalue weighted by molar-refractivity contribution is 0.286. The second-order valence-corrected chi connectivity index (χ2v) is 8.24. The molecule has 0 amide bonds. The van der Waals surface area contributed by atoms with Crippen LogP contribution < -0.4 is 16.3 Å². The average molecular weight is 408 g/mol. The van der Waals surface area contributed by atoms with Crippen molar-refractivity contribution in [1.29, 1.82) is 0 Å². The van der Waals surface area contributed by atoms with E-state index in [4.69, 9.17) is 25.1 Å². The first kappa shape index (κ1) is 19.5. The van der Waals surface area contributed by atoms with Crippen LogP contribution in [0.4, 0.5) is 11.6 Å². The third-order valence-corrected chi connectivity index (χ3v) is 5.85. The molecule has 3 aromatic rings. The first-order valence-corrected chi connectivity index (χ1v) is 9.95. The molecule has 9 heteroatoms. The van der Waals surface area contributed by atoms with Crippen LogP contribution in [0.3, 0.4) is 0 Å². The van der Waals surface area contributed by atoms with Crippen LogP contribution in [-0.2, 0) is 13.6 Å². The number of rotatable bonds is 7. The number of nitrogens with one attached hydrogen (secondary N) is 2. The molecule has 142 valence electrons. The SMILES string of the molecule is COP(=O)(OC)c1nc(-c2ccc(Cl)cc2)oc1NNc1ccc(C)cc1. The lowest BCUT2D eigenvalue weighted by Crippen LogP contribution is -2.18. The zero-order chi connectivity index (χ0) is 19.4. The van der Waals surface area contributed by atoms with Gasteiger partial charge in [0.2, 0.25) is 17.2 Å². The van der Waals surface area contributed by atoms with Gasteiger partial charge in [-0.15, -0.1) is 0 Å². The van der Waals surface area contributed by atoms with Crippen LogP contribution in [0.1, 0.15) is 5.56 Å². The van der Waals surface area contributed by atoms with Gasteiger partial charge in [-0.1, -0.05) is 29.3 Å². The third kappa shape index (κ3) is 4.34. The summed E-state index contributed by atoms with van der Waals surface area (Å²) in [7, 11) is -1.06. The molecule has 0 fully saturated rings. The van der Waals surface area contributed by atoms with Crippen LogP contribution in [0.25, 0.3) is 11.5 Å². The summed E-state index contributed by atoms with van der Waals surface area (Å²) in [4.78, 5) is 4.32. The fraction of sp³-hybridized carbons (Fsp3) is 0.167. The van der Waals surface area contributed by atoms with Crippen molar-refractivity contribution in [2.45, 2.75) is 6.92 Å². The van der Waals surface area contributed by atoms with Crippen LogP contribution in [0.15, 0.2) is 52.9 Å². The first-order valence-electron chi connectivity index (χ1n) is 8.03. The Kier molecular flexibility index (Phi) is 5.87. The van der Waals surface area contributed by atoms with E-state index in [0.717, 1.165) is 11.3 Å². The van der Waals surface area contributed by atoms with Gasteiger partial charge < -0.3 is 13.5 Å². The Labute approximate surface area is 162 Å². The van der Waals surface area contributed by atoms with E-state index in [1.165, 1.54) is 14.2 Å². The summed E-state index contributed by atoms with van der Waals surface area (Å²) in [6, 6.07) is 14.6. The monoisotopic (exact) mass is 407 g/mol. The molecule has 3 rings (SSSR count). The summed E-state index contributed by atoms with van der Waals surface area (Å²) in [6.07, 6.45) is 0. The number of hydrogen-bond donors (Lipinski definition) is 2.